The number of benzene rings is 1. The summed E-state index contributed by atoms with van der Waals surface area (Å²) in [6.45, 7) is 4.29. The van der Waals surface area contributed by atoms with Crippen LogP contribution < -0.4 is 5.32 Å². The summed E-state index contributed by atoms with van der Waals surface area (Å²) in [5.41, 5.74) is 0.472. The van der Waals surface area contributed by atoms with Crippen molar-refractivity contribution in [1.82, 2.24) is 5.32 Å². The molecule has 0 amide bonds. The minimum Gasteiger partial charge on any atom is -0.374 e. The fourth-order valence-corrected chi connectivity index (χ4v) is 2.12. The highest BCUT2D eigenvalue weighted by Crippen LogP contribution is 2.16. The van der Waals surface area contributed by atoms with E-state index in [0.717, 1.165) is 13.1 Å². The number of rotatable bonds is 4. The molecular formula is C13H17ClFNO2. The van der Waals surface area contributed by atoms with Gasteiger partial charge in [-0.05, 0) is 25.1 Å². The maximum absolute atomic E-state index is 13.4. The third-order valence-corrected chi connectivity index (χ3v) is 3.03. The van der Waals surface area contributed by atoms with Gasteiger partial charge in [-0.1, -0.05) is 11.6 Å². The van der Waals surface area contributed by atoms with Gasteiger partial charge in [0.1, 0.15) is 5.82 Å². The Kier molecular flexibility index (Phi) is 4.95. The summed E-state index contributed by atoms with van der Waals surface area (Å²) < 4.78 is 24.6. The molecule has 1 aromatic rings. The summed E-state index contributed by atoms with van der Waals surface area (Å²) in [5.74, 6) is -0.296. The average molecular weight is 274 g/mol. The van der Waals surface area contributed by atoms with E-state index in [1.165, 1.54) is 12.1 Å². The topological polar surface area (TPSA) is 30.5 Å². The van der Waals surface area contributed by atoms with Gasteiger partial charge >= 0.3 is 0 Å². The summed E-state index contributed by atoms with van der Waals surface area (Å²) in [6, 6.07) is 4.46. The van der Waals surface area contributed by atoms with Gasteiger partial charge < -0.3 is 14.8 Å². The van der Waals surface area contributed by atoms with Crippen LogP contribution in [0, 0.1) is 5.82 Å². The third kappa shape index (κ3) is 3.92. The van der Waals surface area contributed by atoms with Crippen LogP contribution >= 0.6 is 11.6 Å². The Morgan fingerprint density at radius 3 is 3.11 bits per heavy atom. The molecule has 2 unspecified atom stereocenters. The SMILES string of the molecule is CC1CNCC(COCc2cc(Cl)ccc2F)O1. The molecule has 18 heavy (non-hydrogen) atoms. The number of hydrogen-bond acceptors (Lipinski definition) is 3. The van der Waals surface area contributed by atoms with Gasteiger partial charge in [0.25, 0.3) is 0 Å². The molecule has 0 bridgehead atoms. The smallest absolute Gasteiger partial charge is 0.128 e. The monoisotopic (exact) mass is 273 g/mol. The molecule has 1 N–H and O–H groups in total. The van der Waals surface area contributed by atoms with Crippen LogP contribution in [0.3, 0.4) is 0 Å². The van der Waals surface area contributed by atoms with Crippen LogP contribution in [0.25, 0.3) is 0 Å². The van der Waals surface area contributed by atoms with Crippen LogP contribution in [0.4, 0.5) is 4.39 Å². The minimum atomic E-state index is -0.296. The summed E-state index contributed by atoms with van der Waals surface area (Å²) in [5, 5.41) is 3.77. The zero-order valence-corrected chi connectivity index (χ0v) is 11.0. The maximum atomic E-state index is 13.4. The highest BCUT2D eigenvalue weighted by atomic mass is 35.5. The fraction of sp³-hybridized carbons (Fsp3) is 0.538. The van der Waals surface area contributed by atoms with Crippen molar-refractivity contribution < 1.29 is 13.9 Å². The molecule has 0 radical (unpaired) electrons. The van der Waals surface area contributed by atoms with Crippen molar-refractivity contribution in [2.75, 3.05) is 19.7 Å². The molecular weight excluding hydrogens is 257 g/mol. The molecule has 1 aliphatic heterocycles. The van der Waals surface area contributed by atoms with Crippen molar-refractivity contribution >= 4 is 11.6 Å². The molecule has 1 fully saturated rings. The second-order valence-electron chi connectivity index (χ2n) is 4.48. The molecule has 1 aromatic carbocycles. The number of morpholine rings is 1. The Balaban J connectivity index is 1.79. The van der Waals surface area contributed by atoms with Gasteiger partial charge in [0.15, 0.2) is 0 Å². The molecule has 5 heteroatoms. The zero-order valence-electron chi connectivity index (χ0n) is 10.3. The van der Waals surface area contributed by atoms with Crippen molar-refractivity contribution in [2.45, 2.75) is 25.7 Å². The summed E-state index contributed by atoms with van der Waals surface area (Å²) in [7, 11) is 0. The van der Waals surface area contributed by atoms with Crippen molar-refractivity contribution in [2.24, 2.45) is 0 Å². The summed E-state index contributed by atoms with van der Waals surface area (Å²) in [4.78, 5) is 0. The quantitative estimate of drug-likeness (QED) is 0.914. The second-order valence-corrected chi connectivity index (χ2v) is 4.91. The molecule has 0 aliphatic carbocycles. The lowest BCUT2D eigenvalue weighted by Gasteiger charge is -2.28. The maximum Gasteiger partial charge on any atom is 0.128 e. The van der Waals surface area contributed by atoms with Crippen molar-refractivity contribution in [3.8, 4) is 0 Å². The standard InChI is InChI=1S/C13H17ClFNO2/c1-9-5-16-6-12(18-9)8-17-7-10-4-11(14)2-3-13(10)15/h2-4,9,12,16H,5-8H2,1H3. The molecule has 2 atom stereocenters. The summed E-state index contributed by atoms with van der Waals surface area (Å²) in [6.07, 6.45) is 0.214. The van der Waals surface area contributed by atoms with E-state index in [1.807, 2.05) is 6.92 Å². The van der Waals surface area contributed by atoms with Crippen LogP contribution in [0.15, 0.2) is 18.2 Å². The minimum absolute atomic E-state index is 0.0241. The Bertz CT molecular complexity index is 403. The van der Waals surface area contributed by atoms with Gasteiger partial charge in [0, 0.05) is 23.7 Å². The second kappa shape index (κ2) is 6.48. The molecule has 100 valence electrons. The van der Waals surface area contributed by atoms with Crippen LogP contribution in [0.2, 0.25) is 5.02 Å². The first-order valence-corrected chi connectivity index (χ1v) is 6.41. The van der Waals surface area contributed by atoms with Crippen molar-refractivity contribution in [1.29, 1.82) is 0 Å². The number of ether oxygens (including phenoxy) is 2. The molecule has 1 heterocycles. The third-order valence-electron chi connectivity index (χ3n) is 2.80. The first kappa shape index (κ1) is 13.7. The fourth-order valence-electron chi connectivity index (χ4n) is 1.92. The van der Waals surface area contributed by atoms with Crippen molar-refractivity contribution in [3.05, 3.63) is 34.6 Å². The van der Waals surface area contributed by atoms with Crippen LogP contribution in [0.5, 0.6) is 0 Å². The number of nitrogens with one attached hydrogen (secondary N) is 1. The Morgan fingerprint density at radius 1 is 1.50 bits per heavy atom. The average Bonchev–Trinajstić information content (AvgIpc) is 2.34. The highest BCUT2D eigenvalue weighted by Gasteiger charge is 2.18. The molecule has 0 aromatic heterocycles. The van der Waals surface area contributed by atoms with Crippen molar-refractivity contribution in [3.63, 3.8) is 0 Å². The molecule has 1 aliphatic rings. The molecule has 0 saturated carbocycles. The van der Waals surface area contributed by atoms with E-state index in [4.69, 9.17) is 21.1 Å². The van der Waals surface area contributed by atoms with E-state index < -0.39 is 0 Å². The van der Waals surface area contributed by atoms with E-state index in [9.17, 15) is 4.39 Å². The molecule has 1 saturated heterocycles. The van der Waals surface area contributed by atoms with E-state index in [-0.39, 0.29) is 24.6 Å². The van der Waals surface area contributed by atoms with Gasteiger partial charge in [0.05, 0.1) is 25.4 Å². The Hall–Kier alpha value is -0.680. The van der Waals surface area contributed by atoms with Gasteiger partial charge in [-0.15, -0.1) is 0 Å². The van der Waals surface area contributed by atoms with Gasteiger partial charge in [-0.25, -0.2) is 4.39 Å². The molecule has 3 nitrogen and oxygen atoms in total. The first-order chi connectivity index (χ1) is 8.65. The van der Waals surface area contributed by atoms with Gasteiger partial charge in [-0.2, -0.15) is 0 Å². The Labute approximate surface area is 111 Å². The van der Waals surface area contributed by atoms with E-state index in [0.29, 0.717) is 17.2 Å². The Morgan fingerprint density at radius 2 is 2.33 bits per heavy atom. The number of halogens is 2. The van der Waals surface area contributed by atoms with Crippen LogP contribution in [-0.2, 0) is 16.1 Å². The lowest BCUT2D eigenvalue weighted by atomic mass is 10.2. The molecule has 2 rings (SSSR count). The summed E-state index contributed by atoms with van der Waals surface area (Å²) >= 11 is 5.81. The van der Waals surface area contributed by atoms with E-state index >= 15 is 0 Å². The van der Waals surface area contributed by atoms with E-state index in [2.05, 4.69) is 5.32 Å². The van der Waals surface area contributed by atoms with Crippen LogP contribution in [0.1, 0.15) is 12.5 Å². The van der Waals surface area contributed by atoms with E-state index in [1.54, 1.807) is 6.07 Å². The predicted molar refractivity (Wildman–Crippen MR) is 68.3 cm³/mol. The lowest BCUT2D eigenvalue weighted by molar-refractivity contribution is -0.0718. The first-order valence-electron chi connectivity index (χ1n) is 6.03. The van der Waals surface area contributed by atoms with Gasteiger partial charge in [-0.3, -0.25) is 0 Å². The predicted octanol–water partition coefficient (Wildman–Crippen LogP) is 2.37. The highest BCUT2D eigenvalue weighted by molar-refractivity contribution is 6.30. The largest absolute Gasteiger partial charge is 0.374 e. The number of hydrogen-bond donors (Lipinski definition) is 1. The normalized spacial score (nSPS) is 24.2. The molecule has 0 spiro atoms. The zero-order chi connectivity index (χ0) is 13.0. The van der Waals surface area contributed by atoms with Gasteiger partial charge in [0.2, 0.25) is 0 Å². The lowest BCUT2D eigenvalue weighted by Crippen LogP contribution is -2.45. The van der Waals surface area contributed by atoms with Crippen LogP contribution in [-0.4, -0.2) is 31.9 Å².